The van der Waals surface area contributed by atoms with Crippen LogP contribution >= 0.6 is 0 Å². The molecule has 75 heavy (non-hydrogen) atoms. The minimum atomic E-state index is -0.832. The number of hydrogen-bond acceptors (Lipinski definition) is 14. The first-order chi connectivity index (χ1) is 35.5. The summed E-state index contributed by atoms with van der Waals surface area (Å²) in [5, 5.41) is 7.58. The lowest BCUT2D eigenvalue weighted by molar-refractivity contribution is -0.156. The van der Waals surface area contributed by atoms with E-state index in [1.165, 1.54) is 18.0 Å². The number of carbonyl (C=O) groups excluding carboxylic acids is 5. The second-order valence-corrected chi connectivity index (χ2v) is 21.2. The number of fused-ring (bicyclic) bond motifs is 3. The molecule has 2 fully saturated rings. The van der Waals surface area contributed by atoms with Gasteiger partial charge in [0.25, 0.3) is 5.91 Å². The summed E-state index contributed by atoms with van der Waals surface area (Å²) in [5.74, 6) is -2.36. The summed E-state index contributed by atoms with van der Waals surface area (Å²) in [4.78, 5) is 76.2. The Morgan fingerprint density at radius 1 is 0.827 bits per heavy atom. The molecule has 0 bridgehead atoms. The van der Waals surface area contributed by atoms with E-state index in [-0.39, 0.29) is 94.0 Å². The summed E-state index contributed by atoms with van der Waals surface area (Å²) >= 11 is 0. The summed E-state index contributed by atoms with van der Waals surface area (Å²) in [7, 11) is 1.49. The van der Waals surface area contributed by atoms with Crippen molar-refractivity contribution in [3.63, 3.8) is 0 Å². The van der Waals surface area contributed by atoms with Crippen LogP contribution in [0.4, 0.5) is 19.3 Å². The standard InChI is InChI=1S/C54H69F2N7O12/c1-52(2,3)74-47(66)14-19-70-22-23-71-20-17-61(38-12-15-60(16-13-38)51(68)75-53(4,5)6)46(65)11-10-45(64)58-37-24-34(30-57-31-37)40-28-41-44(29-43(40)69-9)73-32-42-48(50(67)62-18-21-72-33-54(62,7)8)59-63(49(41)42)39-26-35(55)25-36(56)27-39/h24-31,38H,10-23,32-33H2,1-9H3,(H,58,64). The lowest BCUT2D eigenvalue weighted by atomic mass is 9.95. The molecule has 0 atom stereocenters. The van der Waals surface area contributed by atoms with Crippen molar-refractivity contribution in [3.05, 3.63) is 71.7 Å². The van der Waals surface area contributed by atoms with E-state index in [0.29, 0.717) is 90.8 Å². The SMILES string of the molecule is COc1cc2c(cc1-c1cncc(NC(=O)CCC(=O)N(CCOCCOCCC(=O)OC(C)(C)C)C3CCN(C(=O)OC(C)(C)C)CC3)c1)-c1c(c(C(=O)N3CCOCC3(C)C)nn1-c1cc(F)cc(F)c1)CO2. The lowest BCUT2D eigenvalue weighted by Crippen LogP contribution is -2.55. The number of nitrogens with one attached hydrogen (secondary N) is 1. The van der Waals surface area contributed by atoms with Crippen molar-refractivity contribution in [2.24, 2.45) is 0 Å². The number of rotatable bonds is 18. The number of likely N-dealkylation sites (tertiary alicyclic amines) is 1. The zero-order chi connectivity index (χ0) is 54.2. The van der Waals surface area contributed by atoms with Crippen LogP contribution < -0.4 is 14.8 Å². The molecular weight excluding hydrogens is 977 g/mol. The Labute approximate surface area is 436 Å². The van der Waals surface area contributed by atoms with Gasteiger partial charge in [-0.1, -0.05) is 0 Å². The maximum absolute atomic E-state index is 14.8. The zero-order valence-corrected chi connectivity index (χ0v) is 44.3. The minimum Gasteiger partial charge on any atom is -0.496 e. The van der Waals surface area contributed by atoms with E-state index in [4.69, 9.17) is 38.3 Å². The van der Waals surface area contributed by atoms with Crippen molar-refractivity contribution in [1.29, 1.82) is 0 Å². The van der Waals surface area contributed by atoms with Gasteiger partial charge in [-0.15, -0.1) is 0 Å². The van der Waals surface area contributed by atoms with Gasteiger partial charge in [0.15, 0.2) is 5.69 Å². The topological polar surface area (TPSA) is 202 Å². The van der Waals surface area contributed by atoms with Crippen molar-refractivity contribution < 1.29 is 65.9 Å². The number of carbonyl (C=O) groups is 5. The van der Waals surface area contributed by atoms with Gasteiger partial charge >= 0.3 is 12.1 Å². The molecule has 1 N–H and O–H groups in total. The summed E-state index contributed by atoms with van der Waals surface area (Å²) in [6.45, 7) is 17.3. The Balaban J connectivity index is 1.05. The molecule has 0 spiro atoms. The number of halogens is 2. The van der Waals surface area contributed by atoms with E-state index >= 15 is 0 Å². The number of piperidine rings is 1. The minimum absolute atomic E-state index is 0.0504. The van der Waals surface area contributed by atoms with Gasteiger partial charge in [-0.3, -0.25) is 24.2 Å². The number of benzene rings is 2. The Morgan fingerprint density at radius 3 is 2.19 bits per heavy atom. The molecule has 4 aromatic rings. The Morgan fingerprint density at radius 2 is 1.52 bits per heavy atom. The molecule has 0 radical (unpaired) electrons. The third-order valence-electron chi connectivity index (χ3n) is 12.6. The van der Waals surface area contributed by atoms with Gasteiger partial charge in [0.2, 0.25) is 11.8 Å². The number of methoxy groups -OCH3 is 1. The van der Waals surface area contributed by atoms with E-state index in [0.717, 1.165) is 18.2 Å². The van der Waals surface area contributed by atoms with Gasteiger partial charge in [-0.05, 0) is 92.5 Å². The molecule has 21 heteroatoms. The fraction of sp³-hybridized carbons (Fsp3) is 0.537. The number of pyridine rings is 1. The molecule has 0 saturated carbocycles. The van der Waals surface area contributed by atoms with Crippen molar-refractivity contribution in [2.75, 3.05) is 78.2 Å². The Bertz CT molecular complexity index is 2710. The molecule has 2 aromatic carbocycles. The monoisotopic (exact) mass is 1050 g/mol. The molecule has 406 valence electrons. The van der Waals surface area contributed by atoms with Crippen LogP contribution in [0.3, 0.4) is 0 Å². The molecule has 0 unspecified atom stereocenters. The van der Waals surface area contributed by atoms with E-state index in [9.17, 15) is 32.8 Å². The maximum atomic E-state index is 14.8. The summed E-state index contributed by atoms with van der Waals surface area (Å²) in [6.07, 6.45) is 3.47. The molecule has 7 rings (SSSR count). The van der Waals surface area contributed by atoms with E-state index in [1.54, 1.807) is 80.6 Å². The summed E-state index contributed by atoms with van der Waals surface area (Å²) < 4.78 is 71.0. The number of morpholine rings is 1. The smallest absolute Gasteiger partial charge is 0.410 e. The predicted octanol–water partition coefficient (Wildman–Crippen LogP) is 7.74. The van der Waals surface area contributed by atoms with Crippen molar-refractivity contribution in [1.82, 2.24) is 29.5 Å². The van der Waals surface area contributed by atoms with Gasteiger partial charge in [0, 0.05) is 85.6 Å². The molecule has 0 aliphatic carbocycles. The van der Waals surface area contributed by atoms with Crippen LogP contribution in [0, 0.1) is 11.6 Å². The fourth-order valence-electron chi connectivity index (χ4n) is 9.13. The number of esters is 1. The fourth-order valence-corrected chi connectivity index (χ4v) is 9.13. The second-order valence-electron chi connectivity index (χ2n) is 21.2. The van der Waals surface area contributed by atoms with E-state index in [1.807, 2.05) is 13.8 Å². The van der Waals surface area contributed by atoms with Crippen LogP contribution in [0.15, 0.2) is 48.8 Å². The van der Waals surface area contributed by atoms with Crippen molar-refractivity contribution in [2.45, 2.75) is 117 Å². The quantitative estimate of drug-likeness (QED) is 0.0749. The van der Waals surface area contributed by atoms with Gasteiger partial charge in [-0.25, -0.2) is 18.3 Å². The predicted molar refractivity (Wildman–Crippen MR) is 271 cm³/mol. The lowest BCUT2D eigenvalue weighted by Gasteiger charge is -2.41. The number of nitrogens with zero attached hydrogens (tertiary/aromatic N) is 6. The Hall–Kier alpha value is -6.71. The van der Waals surface area contributed by atoms with Gasteiger partial charge < -0.3 is 53.2 Å². The highest BCUT2D eigenvalue weighted by Crippen LogP contribution is 2.46. The second kappa shape index (κ2) is 23.9. The summed E-state index contributed by atoms with van der Waals surface area (Å²) in [6, 6.07) is 7.91. The number of aromatic nitrogens is 3. The average Bonchev–Trinajstić information content (AvgIpc) is 3.74. The first-order valence-corrected chi connectivity index (χ1v) is 25.2. The third-order valence-corrected chi connectivity index (χ3v) is 12.6. The molecule has 4 amide bonds. The number of amides is 4. The highest BCUT2D eigenvalue weighted by atomic mass is 19.1. The number of hydrogen-bond donors (Lipinski definition) is 1. The van der Waals surface area contributed by atoms with Crippen LogP contribution in [0.5, 0.6) is 11.5 Å². The van der Waals surface area contributed by atoms with Crippen LogP contribution in [0.2, 0.25) is 0 Å². The zero-order valence-electron chi connectivity index (χ0n) is 44.3. The van der Waals surface area contributed by atoms with Crippen LogP contribution in [0.1, 0.15) is 104 Å². The van der Waals surface area contributed by atoms with Crippen molar-refractivity contribution in [3.8, 4) is 39.6 Å². The number of anilines is 1. The molecule has 3 aliphatic rings. The largest absolute Gasteiger partial charge is 0.496 e. The highest BCUT2D eigenvalue weighted by Gasteiger charge is 2.40. The average molecular weight is 1050 g/mol. The first-order valence-electron chi connectivity index (χ1n) is 25.2. The third kappa shape index (κ3) is 14.6. The number of ether oxygens (including phenoxy) is 7. The van der Waals surface area contributed by atoms with Gasteiger partial charge in [0.05, 0.1) is 82.0 Å². The van der Waals surface area contributed by atoms with Gasteiger partial charge in [0.1, 0.15) is 40.9 Å². The van der Waals surface area contributed by atoms with Crippen molar-refractivity contribution >= 4 is 35.5 Å². The Kier molecular flexibility index (Phi) is 17.8. The maximum Gasteiger partial charge on any atom is 0.410 e. The molecule has 2 aromatic heterocycles. The molecule has 19 nitrogen and oxygen atoms in total. The molecule has 5 heterocycles. The van der Waals surface area contributed by atoms with Gasteiger partial charge in [-0.2, -0.15) is 5.10 Å². The van der Waals surface area contributed by atoms with Crippen LogP contribution in [-0.4, -0.2) is 155 Å². The van der Waals surface area contributed by atoms with E-state index < -0.39 is 40.4 Å². The van der Waals surface area contributed by atoms with E-state index in [2.05, 4.69) is 10.3 Å². The molecule has 2 saturated heterocycles. The highest BCUT2D eigenvalue weighted by molar-refractivity contribution is 5.98. The molecular formula is C54H69F2N7O12. The molecule has 3 aliphatic heterocycles. The van der Waals surface area contributed by atoms with Crippen LogP contribution in [0.25, 0.3) is 28.1 Å². The first kappa shape index (κ1) is 56.0. The van der Waals surface area contributed by atoms with Crippen LogP contribution in [-0.2, 0) is 44.7 Å². The summed E-state index contributed by atoms with van der Waals surface area (Å²) in [5.41, 5.74) is 0.813. The normalized spacial score (nSPS) is 15.6.